The summed E-state index contributed by atoms with van der Waals surface area (Å²) in [6.07, 6.45) is 7.28. The number of imidazole rings is 1. The Balaban J connectivity index is 1.40. The predicted molar refractivity (Wildman–Crippen MR) is 155 cm³/mol. The van der Waals surface area contributed by atoms with E-state index in [1.54, 1.807) is 43.6 Å². The van der Waals surface area contributed by atoms with E-state index in [1.807, 2.05) is 0 Å². The van der Waals surface area contributed by atoms with Crippen LogP contribution in [0, 0.1) is 0 Å². The van der Waals surface area contributed by atoms with Crippen molar-refractivity contribution in [3.05, 3.63) is 62.6 Å². The second-order valence-electron chi connectivity index (χ2n) is 10.9. The zero-order chi connectivity index (χ0) is 30.9. The highest BCUT2D eigenvalue weighted by Crippen LogP contribution is 2.24. The maximum atomic E-state index is 12.6. The topological polar surface area (TPSA) is 190 Å². The van der Waals surface area contributed by atoms with Crippen LogP contribution in [0.1, 0.15) is 46.2 Å². The van der Waals surface area contributed by atoms with Crippen LogP contribution in [-0.2, 0) is 21.0 Å². The fraction of sp³-hybridized carbons (Fsp3) is 0.370. The molecule has 0 aliphatic heterocycles. The van der Waals surface area contributed by atoms with E-state index in [4.69, 9.17) is 26.1 Å². The number of nitrogens with zero attached hydrogens (tertiary/aromatic N) is 6. The van der Waals surface area contributed by atoms with Crippen molar-refractivity contribution in [2.75, 3.05) is 5.32 Å². The molecule has 1 aliphatic rings. The summed E-state index contributed by atoms with van der Waals surface area (Å²) in [4.78, 5) is 52.9. The second kappa shape index (κ2) is 11.8. The maximum absolute atomic E-state index is 12.6. The van der Waals surface area contributed by atoms with Crippen LogP contribution < -0.4 is 27.0 Å². The van der Waals surface area contributed by atoms with Gasteiger partial charge in [0, 0.05) is 23.7 Å². The van der Waals surface area contributed by atoms with Crippen molar-refractivity contribution < 1.29 is 24.2 Å². The minimum absolute atomic E-state index is 0.0360. The molecule has 0 radical (unpaired) electrons. The van der Waals surface area contributed by atoms with Gasteiger partial charge in [0.15, 0.2) is 17.9 Å². The second-order valence-corrected chi connectivity index (χ2v) is 11.3. The van der Waals surface area contributed by atoms with Gasteiger partial charge in [0.05, 0.1) is 22.9 Å². The van der Waals surface area contributed by atoms with Crippen LogP contribution >= 0.6 is 11.6 Å². The lowest BCUT2D eigenvalue weighted by molar-refractivity contribution is -0.149. The Morgan fingerprint density at radius 3 is 2.79 bits per heavy atom. The highest BCUT2D eigenvalue weighted by Gasteiger charge is 2.23. The first kappa shape index (κ1) is 29.6. The number of H-pyrrole nitrogens is 1. The average Bonchev–Trinajstić information content (AvgIpc) is 3.59. The standard InChI is InChI=1S/C27H30ClN9O6/c1-14(31-26(41)43-27(2,3)4)24(39)42-13-36-23(38)19(34-25(36)40)9-15-11-30-37-21(32-16-5-6-16)10-20(35-22(15)37)33-18-7-8-29-12-17(18)28/h7-12,14,16,38H,5-6,13H2,1-4H3,(H,29,33)(H,31,41)(H,34,40). The third kappa shape index (κ3) is 7.12. The molecule has 1 saturated carbocycles. The number of pyridine rings is 1. The van der Waals surface area contributed by atoms with Crippen LogP contribution in [0.2, 0.25) is 5.02 Å². The molecule has 1 fully saturated rings. The number of amides is 1. The van der Waals surface area contributed by atoms with Crippen molar-refractivity contribution in [2.24, 2.45) is 4.99 Å². The smallest absolute Gasteiger partial charge is 0.408 e. The number of ether oxygens (including phenoxy) is 2. The van der Waals surface area contributed by atoms with Gasteiger partial charge in [0.1, 0.15) is 23.2 Å². The summed E-state index contributed by atoms with van der Waals surface area (Å²) < 4.78 is 12.7. The molecule has 0 aromatic carbocycles. The first-order chi connectivity index (χ1) is 20.4. The molecule has 4 aromatic rings. The number of hydrogen-bond donors (Lipinski definition) is 4. The number of carbonyl (C=O) groups is 2. The van der Waals surface area contributed by atoms with E-state index in [2.05, 4.69) is 30.7 Å². The van der Waals surface area contributed by atoms with Crippen LogP contribution in [0.25, 0.3) is 11.7 Å². The van der Waals surface area contributed by atoms with Crippen molar-refractivity contribution in [2.45, 2.75) is 65.0 Å². The van der Waals surface area contributed by atoms with Gasteiger partial charge in [-0.1, -0.05) is 11.6 Å². The monoisotopic (exact) mass is 611 g/mol. The normalized spacial score (nSPS) is 15.0. The highest BCUT2D eigenvalue weighted by molar-refractivity contribution is 6.33. The minimum Gasteiger partial charge on any atom is -0.493 e. The zero-order valence-electron chi connectivity index (χ0n) is 23.8. The molecule has 16 heteroatoms. The largest absolute Gasteiger partial charge is 0.493 e. The van der Waals surface area contributed by atoms with Crippen molar-refractivity contribution in [3.8, 4) is 5.88 Å². The molecule has 0 bridgehead atoms. The first-order valence-corrected chi connectivity index (χ1v) is 13.7. The lowest BCUT2D eigenvalue weighted by atomic mass is 10.2. The van der Waals surface area contributed by atoms with E-state index in [-0.39, 0.29) is 11.7 Å². The summed E-state index contributed by atoms with van der Waals surface area (Å²) in [6.45, 7) is 5.85. The molecule has 0 saturated heterocycles. The molecule has 4 N–H and O–H groups in total. The number of aromatic hydroxyl groups is 1. The molecule has 43 heavy (non-hydrogen) atoms. The lowest BCUT2D eigenvalue weighted by Gasteiger charge is -2.21. The quantitative estimate of drug-likeness (QED) is 0.213. The van der Waals surface area contributed by atoms with Gasteiger partial charge in [-0.05, 0) is 52.7 Å². The Hall–Kier alpha value is -4.92. The fourth-order valence-corrected chi connectivity index (χ4v) is 4.05. The predicted octanol–water partition coefficient (Wildman–Crippen LogP) is 1.74. The van der Waals surface area contributed by atoms with Crippen molar-refractivity contribution in [1.82, 2.24) is 34.4 Å². The van der Waals surface area contributed by atoms with Gasteiger partial charge in [0.25, 0.3) is 0 Å². The van der Waals surface area contributed by atoms with Gasteiger partial charge >= 0.3 is 17.8 Å². The third-order valence-corrected chi connectivity index (χ3v) is 6.38. The van der Waals surface area contributed by atoms with E-state index in [9.17, 15) is 19.5 Å². The van der Waals surface area contributed by atoms with Crippen molar-refractivity contribution in [3.63, 3.8) is 0 Å². The Kier molecular flexibility index (Phi) is 8.08. The van der Waals surface area contributed by atoms with Gasteiger partial charge in [-0.15, -0.1) is 0 Å². The third-order valence-electron chi connectivity index (χ3n) is 6.08. The summed E-state index contributed by atoms with van der Waals surface area (Å²) in [6, 6.07) is 2.59. The Bertz CT molecular complexity index is 1870. The van der Waals surface area contributed by atoms with Crippen molar-refractivity contribution in [1.29, 1.82) is 0 Å². The minimum atomic E-state index is -1.07. The molecule has 1 atom stereocenters. The highest BCUT2D eigenvalue weighted by atomic mass is 35.5. The Morgan fingerprint density at radius 2 is 2.09 bits per heavy atom. The van der Waals surface area contributed by atoms with Gasteiger partial charge in [0.2, 0.25) is 5.88 Å². The van der Waals surface area contributed by atoms with Crippen LogP contribution in [0.3, 0.4) is 0 Å². The number of carbonyl (C=O) groups excluding carboxylic acids is 2. The van der Waals surface area contributed by atoms with E-state index in [0.717, 1.165) is 17.4 Å². The summed E-state index contributed by atoms with van der Waals surface area (Å²) in [5, 5.41) is 21.6. The van der Waals surface area contributed by atoms with Crippen LogP contribution in [-0.4, -0.2) is 64.0 Å². The number of nitrogens with one attached hydrogen (secondary N) is 3. The summed E-state index contributed by atoms with van der Waals surface area (Å²) in [7, 11) is 0. The molecule has 1 unspecified atom stereocenters. The number of anilines is 2. The molecule has 4 aromatic heterocycles. The van der Waals surface area contributed by atoms with E-state index in [1.165, 1.54) is 25.4 Å². The van der Waals surface area contributed by atoms with Gasteiger partial charge in [-0.2, -0.15) is 9.61 Å². The maximum Gasteiger partial charge on any atom is 0.408 e. The Labute approximate surface area is 249 Å². The SMILES string of the molecule is CC(NC(=O)OC(C)(C)C)C(=O)OCn1c(O)c(C=c2cnn3c(=NC4CC4)cc(Nc4ccncc4Cl)nc23)[nH]c1=O. The number of halogens is 1. The number of hydrogen-bond acceptors (Lipinski definition) is 11. The average molecular weight is 612 g/mol. The molecule has 15 nitrogen and oxygen atoms in total. The van der Waals surface area contributed by atoms with Gasteiger partial charge in [-0.25, -0.2) is 23.9 Å². The fourth-order valence-electron chi connectivity index (χ4n) is 3.88. The van der Waals surface area contributed by atoms with Crippen LogP contribution in [0.5, 0.6) is 5.88 Å². The molecule has 5 rings (SSSR count). The van der Waals surface area contributed by atoms with E-state index >= 15 is 0 Å². The Morgan fingerprint density at radius 1 is 1.33 bits per heavy atom. The number of rotatable bonds is 8. The van der Waals surface area contributed by atoms with Crippen molar-refractivity contribution >= 4 is 46.9 Å². The van der Waals surface area contributed by atoms with Gasteiger partial charge in [-0.3, -0.25) is 9.98 Å². The summed E-state index contributed by atoms with van der Waals surface area (Å²) in [5.74, 6) is -0.867. The molecular weight excluding hydrogens is 582 g/mol. The summed E-state index contributed by atoms with van der Waals surface area (Å²) >= 11 is 6.27. The molecule has 226 valence electrons. The van der Waals surface area contributed by atoms with Gasteiger partial charge < -0.3 is 30.2 Å². The number of alkyl carbamates (subject to hydrolysis) is 1. The van der Waals surface area contributed by atoms with E-state index < -0.39 is 42.0 Å². The number of esters is 1. The summed E-state index contributed by atoms with van der Waals surface area (Å²) in [5.41, 5.74) is 0.120. The lowest BCUT2D eigenvalue weighted by Crippen LogP contribution is -2.42. The number of aromatic amines is 1. The van der Waals surface area contributed by atoms with E-state index in [0.29, 0.717) is 32.9 Å². The first-order valence-electron chi connectivity index (χ1n) is 13.4. The number of fused-ring (bicyclic) bond motifs is 1. The molecule has 1 amide bonds. The zero-order valence-corrected chi connectivity index (χ0v) is 24.5. The van der Waals surface area contributed by atoms with Crippen LogP contribution in [0.4, 0.5) is 16.3 Å². The molecular formula is C27H30ClN9O6. The molecule has 0 spiro atoms. The molecule has 1 aliphatic carbocycles. The number of aromatic nitrogens is 6. The molecule has 4 heterocycles. The van der Waals surface area contributed by atoms with Crippen LogP contribution in [0.15, 0.2) is 40.5 Å².